The van der Waals surface area contributed by atoms with Crippen molar-refractivity contribution in [3.8, 4) is 0 Å². The Balaban J connectivity index is 2.41. The molecule has 70 valence electrons. The molecule has 1 heterocycles. The first kappa shape index (κ1) is 8.22. The van der Waals surface area contributed by atoms with Gasteiger partial charge in [-0.3, -0.25) is 0 Å². The topological polar surface area (TPSA) is 68.0 Å². The maximum atomic E-state index is 10.7. The molecule has 0 amide bonds. The standard InChI is InChI=1S/C8H11N3O2/c1-2-6-7(8(12)13)9-10-11(6)5-3-4-5/h5H,2-4H2,1H3,(H,12,13). The van der Waals surface area contributed by atoms with E-state index < -0.39 is 5.97 Å². The summed E-state index contributed by atoms with van der Waals surface area (Å²) in [6.07, 6.45) is 2.86. The molecule has 0 unspecified atom stereocenters. The minimum absolute atomic E-state index is 0.106. The lowest BCUT2D eigenvalue weighted by atomic mass is 10.2. The molecule has 5 nitrogen and oxygen atoms in total. The fraction of sp³-hybridized carbons (Fsp3) is 0.625. The maximum Gasteiger partial charge on any atom is 0.358 e. The summed E-state index contributed by atoms with van der Waals surface area (Å²) < 4.78 is 1.75. The highest BCUT2D eigenvalue weighted by atomic mass is 16.4. The monoisotopic (exact) mass is 181 g/mol. The van der Waals surface area contributed by atoms with Crippen LogP contribution in [-0.4, -0.2) is 26.1 Å². The Kier molecular flexibility index (Phi) is 1.79. The third-order valence-corrected chi connectivity index (χ3v) is 2.22. The number of hydrogen-bond acceptors (Lipinski definition) is 3. The van der Waals surface area contributed by atoms with Crippen molar-refractivity contribution in [2.75, 3.05) is 0 Å². The van der Waals surface area contributed by atoms with Gasteiger partial charge in [0.1, 0.15) is 0 Å². The molecule has 1 fully saturated rings. The van der Waals surface area contributed by atoms with Crippen LogP contribution in [0.15, 0.2) is 0 Å². The zero-order valence-corrected chi connectivity index (χ0v) is 7.40. The minimum atomic E-state index is -0.983. The van der Waals surface area contributed by atoms with Crippen LogP contribution in [0.4, 0.5) is 0 Å². The predicted octanol–water partition coefficient (Wildman–Crippen LogP) is 0.874. The van der Waals surface area contributed by atoms with Gasteiger partial charge in [-0.1, -0.05) is 12.1 Å². The molecule has 0 bridgehead atoms. The van der Waals surface area contributed by atoms with Crippen LogP contribution in [0, 0.1) is 0 Å². The molecule has 2 rings (SSSR count). The second-order valence-electron chi connectivity index (χ2n) is 3.22. The Morgan fingerprint density at radius 2 is 2.38 bits per heavy atom. The normalized spacial score (nSPS) is 16.1. The van der Waals surface area contributed by atoms with Crippen molar-refractivity contribution >= 4 is 5.97 Å². The lowest BCUT2D eigenvalue weighted by Gasteiger charge is -2.00. The summed E-state index contributed by atoms with van der Waals surface area (Å²) in [5.41, 5.74) is 0.851. The molecule has 1 saturated carbocycles. The van der Waals surface area contributed by atoms with E-state index in [0.29, 0.717) is 12.5 Å². The Hall–Kier alpha value is -1.39. The largest absolute Gasteiger partial charge is 0.476 e. The number of aromatic carboxylic acids is 1. The molecule has 0 radical (unpaired) electrons. The van der Waals surface area contributed by atoms with Crippen LogP contribution >= 0.6 is 0 Å². The Bertz CT molecular complexity index is 341. The van der Waals surface area contributed by atoms with Crippen molar-refractivity contribution in [3.05, 3.63) is 11.4 Å². The first-order chi connectivity index (χ1) is 6.24. The summed E-state index contributed by atoms with van der Waals surface area (Å²) in [5, 5.41) is 16.3. The Morgan fingerprint density at radius 1 is 1.69 bits per heavy atom. The van der Waals surface area contributed by atoms with Gasteiger partial charge in [0.15, 0.2) is 5.69 Å². The summed E-state index contributed by atoms with van der Waals surface area (Å²) in [4.78, 5) is 10.7. The van der Waals surface area contributed by atoms with E-state index >= 15 is 0 Å². The van der Waals surface area contributed by atoms with Crippen molar-refractivity contribution in [1.29, 1.82) is 0 Å². The molecule has 0 spiro atoms. The van der Waals surface area contributed by atoms with Crippen molar-refractivity contribution in [2.45, 2.75) is 32.2 Å². The van der Waals surface area contributed by atoms with Gasteiger partial charge in [-0.15, -0.1) is 5.10 Å². The van der Waals surface area contributed by atoms with E-state index in [9.17, 15) is 4.79 Å². The zero-order valence-electron chi connectivity index (χ0n) is 7.40. The average Bonchev–Trinajstić information content (AvgIpc) is 2.84. The summed E-state index contributed by atoms with van der Waals surface area (Å²) >= 11 is 0. The molecular formula is C8H11N3O2. The van der Waals surface area contributed by atoms with E-state index in [-0.39, 0.29) is 5.69 Å². The highest BCUT2D eigenvalue weighted by Gasteiger charge is 2.29. The average molecular weight is 181 g/mol. The lowest BCUT2D eigenvalue weighted by Crippen LogP contribution is -2.05. The number of carbonyl (C=O) groups is 1. The fourth-order valence-electron chi connectivity index (χ4n) is 1.42. The molecule has 1 aliphatic rings. The molecule has 1 N–H and O–H groups in total. The summed E-state index contributed by atoms with van der Waals surface area (Å²) in [6, 6.07) is 0.399. The number of hydrogen-bond donors (Lipinski definition) is 1. The fourth-order valence-corrected chi connectivity index (χ4v) is 1.42. The number of carboxylic acid groups (broad SMARTS) is 1. The van der Waals surface area contributed by atoms with Gasteiger partial charge in [0.25, 0.3) is 0 Å². The molecule has 0 atom stereocenters. The maximum absolute atomic E-state index is 10.7. The second-order valence-corrected chi connectivity index (χ2v) is 3.22. The molecule has 1 aliphatic carbocycles. The van der Waals surface area contributed by atoms with Crippen molar-refractivity contribution < 1.29 is 9.90 Å². The molecule has 5 heteroatoms. The third-order valence-electron chi connectivity index (χ3n) is 2.22. The molecular weight excluding hydrogens is 170 g/mol. The third kappa shape index (κ3) is 1.30. The first-order valence-electron chi connectivity index (χ1n) is 4.41. The van der Waals surface area contributed by atoms with Gasteiger partial charge in [0, 0.05) is 0 Å². The van der Waals surface area contributed by atoms with Crippen LogP contribution in [-0.2, 0) is 6.42 Å². The molecule has 1 aromatic heterocycles. The molecule has 0 saturated heterocycles. The zero-order chi connectivity index (χ0) is 9.42. The summed E-state index contributed by atoms with van der Waals surface area (Å²) in [5.74, 6) is -0.983. The quantitative estimate of drug-likeness (QED) is 0.751. The SMILES string of the molecule is CCc1c(C(=O)O)nnn1C1CC1. The second kappa shape index (κ2) is 2.83. The van der Waals surface area contributed by atoms with Crippen molar-refractivity contribution in [3.63, 3.8) is 0 Å². The molecule has 0 aromatic carbocycles. The molecule has 1 aromatic rings. The van der Waals surface area contributed by atoms with Gasteiger partial charge < -0.3 is 5.11 Å². The van der Waals surface area contributed by atoms with Gasteiger partial charge in [0.05, 0.1) is 11.7 Å². The first-order valence-corrected chi connectivity index (χ1v) is 4.41. The van der Waals surface area contributed by atoms with Gasteiger partial charge in [-0.05, 0) is 19.3 Å². The highest BCUT2D eigenvalue weighted by molar-refractivity contribution is 5.86. The van der Waals surface area contributed by atoms with Gasteiger partial charge in [-0.25, -0.2) is 9.48 Å². The number of carboxylic acids is 1. The van der Waals surface area contributed by atoms with Crippen LogP contribution in [0.1, 0.15) is 42.0 Å². The molecule has 13 heavy (non-hydrogen) atoms. The highest BCUT2D eigenvalue weighted by Crippen LogP contribution is 2.35. The van der Waals surface area contributed by atoms with Crippen molar-refractivity contribution in [1.82, 2.24) is 15.0 Å². The number of aromatic nitrogens is 3. The van der Waals surface area contributed by atoms with Crippen LogP contribution < -0.4 is 0 Å². The van der Waals surface area contributed by atoms with Gasteiger partial charge >= 0.3 is 5.97 Å². The van der Waals surface area contributed by atoms with Crippen LogP contribution in [0.25, 0.3) is 0 Å². The van der Waals surface area contributed by atoms with Gasteiger partial charge in [0.2, 0.25) is 0 Å². The van der Waals surface area contributed by atoms with E-state index in [2.05, 4.69) is 10.3 Å². The van der Waals surface area contributed by atoms with Crippen molar-refractivity contribution in [2.24, 2.45) is 0 Å². The Labute approximate surface area is 75.4 Å². The number of nitrogens with zero attached hydrogens (tertiary/aromatic N) is 3. The van der Waals surface area contributed by atoms with Gasteiger partial charge in [-0.2, -0.15) is 0 Å². The van der Waals surface area contributed by atoms with E-state index in [1.807, 2.05) is 6.92 Å². The number of rotatable bonds is 3. The minimum Gasteiger partial charge on any atom is -0.476 e. The van der Waals surface area contributed by atoms with Crippen LogP contribution in [0.2, 0.25) is 0 Å². The predicted molar refractivity (Wildman–Crippen MR) is 44.6 cm³/mol. The molecule has 0 aliphatic heterocycles. The lowest BCUT2D eigenvalue weighted by molar-refractivity contribution is 0.0689. The van der Waals surface area contributed by atoms with Crippen LogP contribution in [0.3, 0.4) is 0 Å². The summed E-state index contributed by atoms with van der Waals surface area (Å²) in [7, 11) is 0. The van der Waals surface area contributed by atoms with E-state index in [1.54, 1.807) is 4.68 Å². The van der Waals surface area contributed by atoms with E-state index in [4.69, 9.17) is 5.11 Å². The smallest absolute Gasteiger partial charge is 0.358 e. The van der Waals surface area contributed by atoms with Crippen LogP contribution in [0.5, 0.6) is 0 Å². The van der Waals surface area contributed by atoms with E-state index in [1.165, 1.54) is 0 Å². The summed E-state index contributed by atoms with van der Waals surface area (Å²) in [6.45, 7) is 1.92. The Morgan fingerprint density at radius 3 is 2.85 bits per heavy atom. The van der Waals surface area contributed by atoms with E-state index in [0.717, 1.165) is 18.5 Å².